The molecule has 0 aromatic carbocycles. The van der Waals surface area contributed by atoms with Crippen molar-refractivity contribution in [2.24, 2.45) is 0 Å². The topological polar surface area (TPSA) is 25.2 Å². The Balaban J connectivity index is 2.65. The summed E-state index contributed by atoms with van der Waals surface area (Å²) in [4.78, 5) is 0. The lowest BCUT2D eigenvalue weighted by atomic mass is 10.2. The number of hydrogen-bond acceptors (Lipinski definition) is 2. The van der Waals surface area contributed by atoms with Gasteiger partial charge in [-0.25, -0.2) is 0 Å². The second-order valence-electron chi connectivity index (χ2n) is 2.26. The Kier molecular flexibility index (Phi) is 2.76. The molecule has 1 aromatic heterocycles. The summed E-state index contributed by atoms with van der Waals surface area (Å²) < 4.78 is 5.18. The summed E-state index contributed by atoms with van der Waals surface area (Å²) in [6.45, 7) is 0. The molecule has 0 radical (unpaired) electrons. The van der Waals surface area contributed by atoms with Gasteiger partial charge in [0.1, 0.15) is 5.76 Å². The molecule has 0 aliphatic carbocycles. The zero-order chi connectivity index (χ0) is 8.10. The third kappa shape index (κ3) is 1.86. The third-order valence-electron chi connectivity index (χ3n) is 1.56. The van der Waals surface area contributed by atoms with Crippen LogP contribution in [0.25, 0.3) is 0 Å². The van der Waals surface area contributed by atoms with Crippen molar-refractivity contribution in [3.63, 3.8) is 0 Å². The predicted molar refractivity (Wildman–Crippen MR) is 44.0 cm³/mol. The molecule has 0 saturated heterocycles. The Hall–Kier alpha value is -1.20. The monoisotopic (exact) mass is 149 g/mol. The van der Waals surface area contributed by atoms with E-state index in [1.54, 1.807) is 6.26 Å². The Morgan fingerprint density at radius 1 is 1.82 bits per heavy atom. The van der Waals surface area contributed by atoms with Gasteiger partial charge in [-0.3, -0.25) is 0 Å². The molecule has 2 heteroatoms. The van der Waals surface area contributed by atoms with Gasteiger partial charge >= 0.3 is 0 Å². The van der Waals surface area contributed by atoms with Gasteiger partial charge in [-0.05, 0) is 19.2 Å². The minimum absolute atomic E-state index is 0.148. The maximum atomic E-state index is 5.18. The van der Waals surface area contributed by atoms with Crippen LogP contribution in [0, 0.1) is 12.3 Å². The lowest BCUT2D eigenvalue weighted by Gasteiger charge is -2.08. The first-order chi connectivity index (χ1) is 5.38. The van der Waals surface area contributed by atoms with Gasteiger partial charge in [-0.1, -0.05) is 0 Å². The normalized spacial score (nSPS) is 12.4. The van der Waals surface area contributed by atoms with Crippen LogP contribution in [0.2, 0.25) is 0 Å². The summed E-state index contributed by atoms with van der Waals surface area (Å²) in [5.74, 6) is 3.48. The van der Waals surface area contributed by atoms with Crippen molar-refractivity contribution >= 4 is 0 Å². The molecule has 1 unspecified atom stereocenters. The summed E-state index contributed by atoms with van der Waals surface area (Å²) in [6, 6.07) is 3.92. The van der Waals surface area contributed by atoms with Gasteiger partial charge in [0.15, 0.2) is 0 Å². The van der Waals surface area contributed by atoms with Gasteiger partial charge in [0.2, 0.25) is 0 Å². The van der Waals surface area contributed by atoms with E-state index in [1.807, 2.05) is 19.2 Å². The first-order valence-electron chi connectivity index (χ1n) is 3.52. The fourth-order valence-corrected chi connectivity index (χ4v) is 0.952. The van der Waals surface area contributed by atoms with Gasteiger partial charge in [-0.15, -0.1) is 12.3 Å². The lowest BCUT2D eigenvalue weighted by Crippen LogP contribution is -2.14. The highest BCUT2D eigenvalue weighted by molar-refractivity contribution is 5.07. The van der Waals surface area contributed by atoms with Crippen molar-refractivity contribution < 1.29 is 4.42 Å². The molecule has 11 heavy (non-hydrogen) atoms. The van der Waals surface area contributed by atoms with E-state index < -0.39 is 0 Å². The zero-order valence-electron chi connectivity index (χ0n) is 6.50. The highest BCUT2D eigenvalue weighted by Gasteiger charge is 2.08. The predicted octanol–water partition coefficient (Wildman–Crippen LogP) is 1.56. The first-order valence-corrected chi connectivity index (χ1v) is 3.52. The Morgan fingerprint density at radius 3 is 3.09 bits per heavy atom. The highest BCUT2D eigenvalue weighted by atomic mass is 16.3. The van der Waals surface area contributed by atoms with E-state index in [0.29, 0.717) is 6.42 Å². The second kappa shape index (κ2) is 3.85. The molecule has 0 bridgehead atoms. The standard InChI is InChI=1S/C9H11NO/c1-3-5-8(10-2)9-6-4-7-11-9/h1,4,6-8,10H,5H2,2H3. The molecular weight excluding hydrogens is 138 g/mol. The molecule has 0 fully saturated rings. The van der Waals surface area contributed by atoms with Crippen molar-refractivity contribution in [1.82, 2.24) is 5.32 Å². The molecule has 1 aromatic rings. The van der Waals surface area contributed by atoms with Crippen LogP contribution in [-0.2, 0) is 0 Å². The molecule has 0 aliphatic rings. The SMILES string of the molecule is C#CCC(NC)c1ccco1. The first kappa shape index (κ1) is 7.90. The van der Waals surface area contributed by atoms with E-state index in [4.69, 9.17) is 10.8 Å². The van der Waals surface area contributed by atoms with E-state index in [1.165, 1.54) is 0 Å². The Morgan fingerprint density at radius 2 is 2.64 bits per heavy atom. The van der Waals surface area contributed by atoms with Gasteiger partial charge in [0, 0.05) is 6.42 Å². The molecular formula is C9H11NO. The highest BCUT2D eigenvalue weighted by Crippen LogP contribution is 2.15. The number of rotatable bonds is 3. The number of furan rings is 1. The Labute approximate surface area is 66.6 Å². The lowest BCUT2D eigenvalue weighted by molar-refractivity contribution is 0.436. The molecule has 0 spiro atoms. The molecule has 58 valence electrons. The van der Waals surface area contributed by atoms with E-state index >= 15 is 0 Å². The van der Waals surface area contributed by atoms with Crippen molar-refractivity contribution in [2.75, 3.05) is 7.05 Å². The smallest absolute Gasteiger partial charge is 0.121 e. The van der Waals surface area contributed by atoms with Crippen molar-refractivity contribution in [3.05, 3.63) is 24.2 Å². The fourth-order valence-electron chi connectivity index (χ4n) is 0.952. The van der Waals surface area contributed by atoms with Crippen LogP contribution in [0.3, 0.4) is 0 Å². The van der Waals surface area contributed by atoms with E-state index in [2.05, 4.69) is 11.2 Å². The van der Waals surface area contributed by atoms with E-state index in [9.17, 15) is 0 Å². The summed E-state index contributed by atoms with van der Waals surface area (Å²) >= 11 is 0. The molecule has 1 heterocycles. The van der Waals surface area contributed by atoms with Gasteiger partial charge in [0.05, 0.1) is 12.3 Å². The minimum atomic E-state index is 0.148. The molecule has 1 N–H and O–H groups in total. The maximum Gasteiger partial charge on any atom is 0.121 e. The fraction of sp³-hybridized carbons (Fsp3) is 0.333. The van der Waals surface area contributed by atoms with Gasteiger partial charge < -0.3 is 9.73 Å². The third-order valence-corrected chi connectivity index (χ3v) is 1.56. The number of nitrogens with one attached hydrogen (secondary N) is 1. The molecule has 1 atom stereocenters. The number of hydrogen-bond donors (Lipinski definition) is 1. The molecule has 1 rings (SSSR count). The van der Waals surface area contributed by atoms with Crippen molar-refractivity contribution in [1.29, 1.82) is 0 Å². The van der Waals surface area contributed by atoms with Crippen LogP contribution in [0.1, 0.15) is 18.2 Å². The minimum Gasteiger partial charge on any atom is -0.468 e. The molecule has 0 aliphatic heterocycles. The van der Waals surface area contributed by atoms with Crippen molar-refractivity contribution in [3.8, 4) is 12.3 Å². The average Bonchev–Trinajstić information content (AvgIpc) is 2.52. The van der Waals surface area contributed by atoms with Crippen molar-refractivity contribution in [2.45, 2.75) is 12.5 Å². The second-order valence-corrected chi connectivity index (χ2v) is 2.26. The van der Waals surface area contributed by atoms with Crippen LogP contribution in [0.4, 0.5) is 0 Å². The summed E-state index contributed by atoms with van der Waals surface area (Å²) in [6.07, 6.45) is 7.49. The van der Waals surface area contributed by atoms with E-state index in [-0.39, 0.29) is 6.04 Å². The van der Waals surface area contributed by atoms with Crippen LogP contribution < -0.4 is 5.32 Å². The quantitative estimate of drug-likeness (QED) is 0.660. The summed E-state index contributed by atoms with van der Waals surface area (Å²) in [5, 5.41) is 3.07. The van der Waals surface area contributed by atoms with Gasteiger partial charge in [0.25, 0.3) is 0 Å². The molecule has 2 nitrogen and oxygen atoms in total. The van der Waals surface area contributed by atoms with Crippen LogP contribution >= 0.6 is 0 Å². The zero-order valence-corrected chi connectivity index (χ0v) is 6.50. The maximum absolute atomic E-state index is 5.18. The van der Waals surface area contributed by atoms with Crippen LogP contribution in [0.15, 0.2) is 22.8 Å². The summed E-state index contributed by atoms with van der Waals surface area (Å²) in [5.41, 5.74) is 0. The Bertz CT molecular complexity index is 233. The van der Waals surface area contributed by atoms with E-state index in [0.717, 1.165) is 5.76 Å². The largest absolute Gasteiger partial charge is 0.468 e. The number of terminal acetylenes is 1. The van der Waals surface area contributed by atoms with Gasteiger partial charge in [-0.2, -0.15) is 0 Å². The van der Waals surface area contributed by atoms with Crippen LogP contribution in [0.5, 0.6) is 0 Å². The summed E-state index contributed by atoms with van der Waals surface area (Å²) in [7, 11) is 1.87. The molecule has 0 saturated carbocycles. The van der Waals surface area contributed by atoms with Crippen LogP contribution in [-0.4, -0.2) is 7.05 Å². The molecule has 0 amide bonds. The average molecular weight is 149 g/mol.